The number of methoxy groups -OCH3 is 1. The Morgan fingerprint density at radius 1 is 0.737 bits per heavy atom. The van der Waals surface area contributed by atoms with Crippen molar-refractivity contribution in [2.24, 2.45) is 0 Å². The predicted molar refractivity (Wildman–Crippen MR) is 126 cm³/mol. The van der Waals surface area contributed by atoms with Gasteiger partial charge in [-0.25, -0.2) is 22.4 Å². The summed E-state index contributed by atoms with van der Waals surface area (Å²) in [5, 5.41) is 0. The largest absolute Gasteiger partial charge is 0.494 e. The highest BCUT2D eigenvalue weighted by atomic mass is 19.2. The number of rotatable bonds is 7. The first kappa shape index (κ1) is 27.3. The first-order chi connectivity index (χ1) is 18.2. The third-order valence-corrected chi connectivity index (χ3v) is 6.62. The lowest BCUT2D eigenvalue weighted by Crippen LogP contribution is -2.25. The van der Waals surface area contributed by atoms with E-state index in [1.165, 1.54) is 19.2 Å². The molecule has 1 aliphatic rings. The van der Waals surface area contributed by atoms with Crippen molar-refractivity contribution in [3.8, 4) is 22.6 Å². The van der Waals surface area contributed by atoms with Crippen LogP contribution in [0.5, 0.6) is 11.5 Å². The van der Waals surface area contributed by atoms with E-state index in [0.717, 1.165) is 24.3 Å². The van der Waals surface area contributed by atoms with Crippen LogP contribution < -0.4 is 9.47 Å². The summed E-state index contributed by atoms with van der Waals surface area (Å²) in [4.78, 5) is 12.6. The van der Waals surface area contributed by atoms with Gasteiger partial charge in [-0.3, -0.25) is 0 Å². The van der Waals surface area contributed by atoms with E-state index in [1.54, 1.807) is 6.92 Å². The molecule has 38 heavy (non-hydrogen) atoms. The van der Waals surface area contributed by atoms with Crippen LogP contribution in [-0.4, -0.2) is 25.8 Å². The van der Waals surface area contributed by atoms with E-state index < -0.39 is 63.7 Å². The van der Waals surface area contributed by atoms with Crippen LogP contribution in [0.4, 0.5) is 26.3 Å². The molecule has 0 amide bonds. The second kappa shape index (κ2) is 11.4. The number of benzene rings is 3. The van der Waals surface area contributed by atoms with Crippen LogP contribution in [0, 0.1) is 34.9 Å². The first-order valence-electron chi connectivity index (χ1n) is 12.0. The van der Waals surface area contributed by atoms with Gasteiger partial charge in [0.1, 0.15) is 6.10 Å². The van der Waals surface area contributed by atoms with Crippen molar-refractivity contribution < 1.29 is 45.3 Å². The van der Waals surface area contributed by atoms with E-state index >= 15 is 0 Å². The van der Waals surface area contributed by atoms with Crippen molar-refractivity contribution in [2.75, 3.05) is 13.7 Å². The Balaban J connectivity index is 1.45. The van der Waals surface area contributed by atoms with Crippen LogP contribution in [0.2, 0.25) is 0 Å². The van der Waals surface area contributed by atoms with E-state index in [9.17, 15) is 31.1 Å². The van der Waals surface area contributed by atoms with Crippen molar-refractivity contribution in [2.45, 2.75) is 44.6 Å². The molecule has 0 aliphatic heterocycles. The predicted octanol–water partition coefficient (Wildman–Crippen LogP) is 7.48. The summed E-state index contributed by atoms with van der Waals surface area (Å²) >= 11 is 0. The summed E-state index contributed by atoms with van der Waals surface area (Å²) in [6, 6.07) is 6.84. The Morgan fingerprint density at radius 2 is 1.32 bits per heavy atom. The monoisotopic (exact) mass is 538 g/mol. The van der Waals surface area contributed by atoms with E-state index in [0.29, 0.717) is 25.7 Å². The molecule has 202 valence electrons. The van der Waals surface area contributed by atoms with Crippen molar-refractivity contribution in [3.63, 3.8) is 0 Å². The number of ether oxygens (including phenoxy) is 3. The molecule has 0 heterocycles. The van der Waals surface area contributed by atoms with E-state index in [-0.39, 0.29) is 29.6 Å². The molecule has 1 saturated carbocycles. The van der Waals surface area contributed by atoms with Crippen molar-refractivity contribution >= 4 is 5.97 Å². The van der Waals surface area contributed by atoms with Gasteiger partial charge in [0.2, 0.25) is 11.6 Å². The molecule has 0 spiro atoms. The standard InChI is InChI=1S/C28H24F6O4/c1-3-37-21-13-11-18(24(31)27(21)34)17-8-9-19(25(32)23(17)30)28(35)38-15-6-4-14(5-7-15)16-10-12-20(36-2)26(33)22(16)29/h8-15H,3-7H2,1-2H3. The molecule has 0 atom stereocenters. The number of esters is 1. The fraction of sp³-hybridized carbons (Fsp3) is 0.321. The number of carbonyl (C=O) groups excluding carboxylic acids is 1. The Labute approximate surface area is 215 Å². The molecule has 0 unspecified atom stereocenters. The van der Waals surface area contributed by atoms with Gasteiger partial charge in [-0.1, -0.05) is 12.1 Å². The zero-order valence-corrected chi connectivity index (χ0v) is 20.6. The molecule has 3 aromatic rings. The maximum Gasteiger partial charge on any atom is 0.341 e. The van der Waals surface area contributed by atoms with Gasteiger partial charge in [0.05, 0.1) is 19.3 Å². The molecule has 0 radical (unpaired) electrons. The zero-order valence-electron chi connectivity index (χ0n) is 20.6. The summed E-state index contributed by atoms with van der Waals surface area (Å²) in [6.45, 7) is 1.65. The Kier molecular flexibility index (Phi) is 8.18. The summed E-state index contributed by atoms with van der Waals surface area (Å²) in [6.07, 6.45) is 0.688. The van der Waals surface area contributed by atoms with Gasteiger partial charge in [0.25, 0.3) is 0 Å². The van der Waals surface area contributed by atoms with E-state index in [2.05, 4.69) is 0 Å². The van der Waals surface area contributed by atoms with Crippen LogP contribution in [0.15, 0.2) is 36.4 Å². The molecule has 1 fully saturated rings. The normalized spacial score (nSPS) is 17.3. The smallest absolute Gasteiger partial charge is 0.341 e. The molecule has 0 aromatic heterocycles. The molecular weight excluding hydrogens is 514 g/mol. The van der Waals surface area contributed by atoms with Gasteiger partial charge in [-0.2, -0.15) is 8.78 Å². The molecule has 3 aromatic carbocycles. The third kappa shape index (κ3) is 5.16. The molecule has 0 saturated heterocycles. The minimum atomic E-state index is -1.56. The van der Waals surface area contributed by atoms with Crippen LogP contribution in [0.1, 0.15) is 54.4 Å². The van der Waals surface area contributed by atoms with Gasteiger partial charge >= 0.3 is 5.97 Å². The molecule has 0 bridgehead atoms. The molecule has 0 N–H and O–H groups in total. The Hall–Kier alpha value is -3.69. The summed E-state index contributed by atoms with van der Waals surface area (Å²) in [7, 11) is 1.23. The Bertz CT molecular complexity index is 1350. The Morgan fingerprint density at radius 3 is 1.95 bits per heavy atom. The highest BCUT2D eigenvalue weighted by Crippen LogP contribution is 2.38. The molecular formula is C28H24F6O4. The quantitative estimate of drug-likeness (QED) is 0.231. The number of hydrogen-bond donors (Lipinski definition) is 0. The summed E-state index contributed by atoms with van der Waals surface area (Å²) in [5.41, 5.74) is -1.63. The third-order valence-electron chi connectivity index (χ3n) is 6.62. The van der Waals surface area contributed by atoms with Crippen LogP contribution in [-0.2, 0) is 4.74 Å². The number of hydrogen-bond acceptors (Lipinski definition) is 4. The first-order valence-corrected chi connectivity index (χ1v) is 12.0. The lowest BCUT2D eigenvalue weighted by Gasteiger charge is -2.29. The van der Waals surface area contributed by atoms with Crippen molar-refractivity contribution in [1.82, 2.24) is 0 Å². The number of halogens is 6. The maximum atomic E-state index is 14.8. The average Bonchev–Trinajstić information content (AvgIpc) is 2.91. The van der Waals surface area contributed by atoms with Gasteiger partial charge in [0, 0.05) is 11.1 Å². The van der Waals surface area contributed by atoms with E-state index in [1.807, 2.05) is 0 Å². The van der Waals surface area contributed by atoms with Crippen molar-refractivity contribution in [3.05, 3.63) is 82.4 Å². The van der Waals surface area contributed by atoms with Gasteiger partial charge in [-0.15, -0.1) is 0 Å². The fourth-order valence-corrected chi connectivity index (χ4v) is 4.65. The minimum Gasteiger partial charge on any atom is -0.494 e. The zero-order chi connectivity index (χ0) is 27.6. The fourth-order valence-electron chi connectivity index (χ4n) is 4.65. The topological polar surface area (TPSA) is 44.8 Å². The molecule has 4 rings (SSSR count). The van der Waals surface area contributed by atoms with Gasteiger partial charge < -0.3 is 14.2 Å². The van der Waals surface area contributed by atoms with Crippen molar-refractivity contribution in [1.29, 1.82) is 0 Å². The second-order valence-corrected chi connectivity index (χ2v) is 8.82. The van der Waals surface area contributed by atoms with Gasteiger partial charge in [-0.05, 0) is 68.4 Å². The average molecular weight is 538 g/mol. The second-order valence-electron chi connectivity index (χ2n) is 8.82. The van der Waals surface area contributed by atoms with Gasteiger partial charge in [0.15, 0.2) is 34.8 Å². The van der Waals surface area contributed by atoms with Crippen LogP contribution >= 0.6 is 0 Å². The number of carbonyl (C=O) groups is 1. The summed E-state index contributed by atoms with van der Waals surface area (Å²) in [5.74, 6) is -9.96. The maximum absolute atomic E-state index is 14.8. The highest BCUT2D eigenvalue weighted by molar-refractivity contribution is 5.90. The molecule has 10 heteroatoms. The molecule has 1 aliphatic carbocycles. The minimum absolute atomic E-state index is 0.0775. The van der Waals surface area contributed by atoms with E-state index in [4.69, 9.17) is 14.2 Å². The SMILES string of the molecule is CCOc1ccc(-c2ccc(C(=O)OC3CCC(c4ccc(OC)c(F)c4F)CC3)c(F)c2F)c(F)c1F. The highest BCUT2D eigenvalue weighted by Gasteiger charge is 2.30. The lowest BCUT2D eigenvalue weighted by molar-refractivity contribution is 0.0188. The summed E-state index contributed by atoms with van der Waals surface area (Å²) < 4.78 is 102. The van der Waals surface area contributed by atoms with Crippen LogP contribution in [0.3, 0.4) is 0 Å². The van der Waals surface area contributed by atoms with Crippen LogP contribution in [0.25, 0.3) is 11.1 Å². The lowest BCUT2D eigenvalue weighted by atomic mass is 9.82. The molecule has 4 nitrogen and oxygen atoms in total.